The van der Waals surface area contributed by atoms with E-state index in [1.807, 2.05) is 36.4 Å². The Kier molecular flexibility index (Phi) is 6.16. The molecule has 0 atom stereocenters. The van der Waals surface area contributed by atoms with Crippen LogP contribution in [0.5, 0.6) is 0 Å². The van der Waals surface area contributed by atoms with E-state index in [4.69, 9.17) is 27.6 Å². The first kappa shape index (κ1) is 20.2. The molecule has 1 amide bonds. The van der Waals surface area contributed by atoms with Gasteiger partial charge in [0, 0.05) is 34.5 Å². The largest absolute Gasteiger partial charge is 0.441 e. The first-order valence-corrected chi connectivity index (χ1v) is 10.1. The first-order chi connectivity index (χ1) is 14.6. The van der Waals surface area contributed by atoms with E-state index in [1.54, 1.807) is 35.3 Å². The van der Waals surface area contributed by atoms with Crippen molar-refractivity contribution in [2.75, 3.05) is 5.32 Å². The summed E-state index contributed by atoms with van der Waals surface area (Å²) < 4.78 is 7.42. The molecule has 8 heteroatoms. The molecule has 0 spiro atoms. The van der Waals surface area contributed by atoms with E-state index < -0.39 is 0 Å². The molecule has 0 fully saturated rings. The van der Waals surface area contributed by atoms with Gasteiger partial charge in [0.15, 0.2) is 11.7 Å². The van der Waals surface area contributed by atoms with Crippen LogP contribution in [-0.4, -0.2) is 20.7 Å². The Hall–Kier alpha value is -3.09. The van der Waals surface area contributed by atoms with Gasteiger partial charge >= 0.3 is 0 Å². The Morgan fingerprint density at radius 2 is 1.93 bits per heavy atom. The van der Waals surface area contributed by atoms with Crippen molar-refractivity contribution in [3.63, 3.8) is 0 Å². The fourth-order valence-corrected chi connectivity index (χ4v) is 3.43. The minimum atomic E-state index is -0.154. The van der Waals surface area contributed by atoms with E-state index in [9.17, 15) is 4.79 Å². The molecule has 0 aliphatic rings. The summed E-state index contributed by atoms with van der Waals surface area (Å²) in [4.78, 5) is 16.7. The number of amides is 1. The van der Waals surface area contributed by atoms with Gasteiger partial charge in [0.05, 0.1) is 18.9 Å². The second-order valence-electron chi connectivity index (χ2n) is 6.64. The molecule has 2 aromatic carbocycles. The van der Waals surface area contributed by atoms with Gasteiger partial charge in [-0.25, -0.2) is 9.67 Å². The van der Waals surface area contributed by atoms with Gasteiger partial charge in [-0.3, -0.25) is 4.79 Å². The third-order valence-electron chi connectivity index (χ3n) is 4.50. The summed E-state index contributed by atoms with van der Waals surface area (Å²) in [5, 5.41) is 8.25. The minimum Gasteiger partial charge on any atom is -0.441 e. The average molecular weight is 441 g/mol. The SMILES string of the molecule is O=C(CCc1ncc(-c2ccccc2)o1)Nc1ccnn1Cc1ccc(Cl)cc1Cl. The summed E-state index contributed by atoms with van der Waals surface area (Å²) in [6, 6.07) is 16.7. The van der Waals surface area contributed by atoms with Gasteiger partial charge in [0.1, 0.15) is 5.82 Å². The maximum Gasteiger partial charge on any atom is 0.226 e. The van der Waals surface area contributed by atoms with Crippen molar-refractivity contribution in [2.24, 2.45) is 0 Å². The van der Waals surface area contributed by atoms with Gasteiger partial charge in [-0.2, -0.15) is 5.10 Å². The number of rotatable bonds is 7. The highest BCUT2D eigenvalue weighted by Crippen LogP contribution is 2.23. The number of carbonyl (C=O) groups excluding carboxylic acids is 1. The smallest absolute Gasteiger partial charge is 0.226 e. The van der Waals surface area contributed by atoms with E-state index in [0.29, 0.717) is 40.5 Å². The summed E-state index contributed by atoms with van der Waals surface area (Å²) >= 11 is 12.2. The van der Waals surface area contributed by atoms with Crippen LogP contribution in [-0.2, 0) is 17.8 Å². The highest BCUT2D eigenvalue weighted by atomic mass is 35.5. The number of aryl methyl sites for hydroxylation is 1. The van der Waals surface area contributed by atoms with Crippen LogP contribution in [0.15, 0.2) is 71.4 Å². The number of aromatic nitrogens is 3. The summed E-state index contributed by atoms with van der Waals surface area (Å²) in [7, 11) is 0. The Balaban J connectivity index is 1.35. The van der Waals surface area contributed by atoms with Crippen molar-refractivity contribution in [1.29, 1.82) is 0 Å². The number of nitrogens with zero attached hydrogens (tertiary/aromatic N) is 3. The quantitative estimate of drug-likeness (QED) is 0.413. The lowest BCUT2D eigenvalue weighted by molar-refractivity contribution is -0.116. The maximum absolute atomic E-state index is 12.4. The molecule has 2 aromatic heterocycles. The Morgan fingerprint density at radius 3 is 2.73 bits per heavy atom. The maximum atomic E-state index is 12.4. The van der Waals surface area contributed by atoms with Gasteiger partial charge in [-0.05, 0) is 17.7 Å². The number of halogens is 2. The number of oxazole rings is 1. The molecular formula is C22H18Cl2N4O2. The molecule has 0 saturated heterocycles. The number of hydrogen-bond donors (Lipinski definition) is 1. The van der Waals surface area contributed by atoms with Crippen LogP contribution in [0.25, 0.3) is 11.3 Å². The lowest BCUT2D eigenvalue weighted by Gasteiger charge is -2.10. The van der Waals surface area contributed by atoms with E-state index >= 15 is 0 Å². The first-order valence-electron chi connectivity index (χ1n) is 9.34. The number of benzene rings is 2. The predicted octanol–water partition coefficient (Wildman–Crippen LogP) is 5.46. The Morgan fingerprint density at radius 1 is 1.10 bits per heavy atom. The Bertz CT molecular complexity index is 1150. The summed E-state index contributed by atoms with van der Waals surface area (Å²) in [5.74, 6) is 1.64. The second kappa shape index (κ2) is 9.15. The monoisotopic (exact) mass is 440 g/mol. The number of carbonyl (C=O) groups is 1. The van der Waals surface area contributed by atoms with Gasteiger partial charge < -0.3 is 9.73 Å². The van der Waals surface area contributed by atoms with Crippen molar-refractivity contribution in [3.05, 3.63) is 88.5 Å². The molecule has 2 heterocycles. The van der Waals surface area contributed by atoms with Crippen LogP contribution >= 0.6 is 23.2 Å². The van der Waals surface area contributed by atoms with Crippen LogP contribution in [0.1, 0.15) is 17.9 Å². The van der Waals surface area contributed by atoms with E-state index in [2.05, 4.69) is 15.4 Å². The van der Waals surface area contributed by atoms with Gasteiger partial charge in [0.2, 0.25) is 5.91 Å². The zero-order valence-electron chi connectivity index (χ0n) is 15.9. The number of anilines is 1. The molecule has 0 bridgehead atoms. The normalized spacial score (nSPS) is 10.9. The zero-order valence-corrected chi connectivity index (χ0v) is 17.4. The van der Waals surface area contributed by atoms with Crippen molar-refractivity contribution in [3.8, 4) is 11.3 Å². The van der Waals surface area contributed by atoms with Crippen LogP contribution in [0.2, 0.25) is 10.0 Å². The fraction of sp³-hybridized carbons (Fsp3) is 0.136. The van der Waals surface area contributed by atoms with E-state index in [-0.39, 0.29) is 12.3 Å². The van der Waals surface area contributed by atoms with Crippen molar-refractivity contribution < 1.29 is 9.21 Å². The summed E-state index contributed by atoms with van der Waals surface area (Å²) in [6.07, 6.45) is 3.94. The van der Waals surface area contributed by atoms with E-state index in [1.165, 1.54) is 0 Å². The van der Waals surface area contributed by atoms with Gasteiger partial charge in [-0.15, -0.1) is 0 Å². The lowest BCUT2D eigenvalue weighted by atomic mass is 10.2. The fourth-order valence-electron chi connectivity index (χ4n) is 2.96. The van der Waals surface area contributed by atoms with Gasteiger partial charge in [0.25, 0.3) is 0 Å². The number of nitrogens with one attached hydrogen (secondary N) is 1. The van der Waals surface area contributed by atoms with Crippen LogP contribution in [0.4, 0.5) is 5.82 Å². The third-order valence-corrected chi connectivity index (χ3v) is 5.08. The topological polar surface area (TPSA) is 73.0 Å². The van der Waals surface area contributed by atoms with Crippen LogP contribution in [0, 0.1) is 0 Å². The molecule has 0 saturated carbocycles. The van der Waals surface area contributed by atoms with Crippen LogP contribution < -0.4 is 5.32 Å². The molecular weight excluding hydrogens is 423 g/mol. The molecule has 30 heavy (non-hydrogen) atoms. The molecule has 0 aliphatic heterocycles. The minimum absolute atomic E-state index is 0.154. The van der Waals surface area contributed by atoms with Gasteiger partial charge in [-0.1, -0.05) is 59.6 Å². The molecule has 4 aromatic rings. The second-order valence-corrected chi connectivity index (χ2v) is 7.49. The Labute approximate surface area is 183 Å². The van der Waals surface area contributed by atoms with Crippen molar-refractivity contribution in [1.82, 2.24) is 14.8 Å². The highest BCUT2D eigenvalue weighted by molar-refractivity contribution is 6.35. The lowest BCUT2D eigenvalue weighted by Crippen LogP contribution is -2.16. The van der Waals surface area contributed by atoms with Crippen molar-refractivity contribution in [2.45, 2.75) is 19.4 Å². The average Bonchev–Trinajstić information content (AvgIpc) is 3.39. The zero-order chi connectivity index (χ0) is 20.9. The molecule has 1 N–H and O–H groups in total. The molecule has 0 unspecified atom stereocenters. The molecule has 152 valence electrons. The standard InChI is InChI=1S/C22H18Cl2N4O2/c23-17-7-6-16(18(24)12-17)14-28-20(10-11-26-28)27-21(29)8-9-22-25-13-19(30-22)15-4-2-1-3-5-15/h1-7,10-13H,8-9,14H2,(H,27,29). The summed E-state index contributed by atoms with van der Waals surface area (Å²) in [6.45, 7) is 0.415. The number of hydrogen-bond acceptors (Lipinski definition) is 4. The third kappa shape index (κ3) is 4.90. The molecule has 6 nitrogen and oxygen atoms in total. The summed E-state index contributed by atoms with van der Waals surface area (Å²) in [5.41, 5.74) is 1.80. The highest BCUT2D eigenvalue weighted by Gasteiger charge is 2.12. The predicted molar refractivity (Wildman–Crippen MR) is 117 cm³/mol. The van der Waals surface area contributed by atoms with E-state index in [0.717, 1.165) is 11.1 Å². The van der Waals surface area contributed by atoms with Crippen molar-refractivity contribution >= 4 is 34.9 Å². The molecule has 0 aliphatic carbocycles. The van der Waals surface area contributed by atoms with Crippen LogP contribution in [0.3, 0.4) is 0 Å². The molecule has 0 radical (unpaired) electrons. The molecule has 4 rings (SSSR count).